The molecule has 0 aliphatic heterocycles. The fraction of sp³-hybridized carbons (Fsp3) is 0.455. The number of nitrogens with two attached hydrogens (primary N) is 1. The lowest BCUT2D eigenvalue weighted by molar-refractivity contribution is -0.121. The van der Waals surface area contributed by atoms with Gasteiger partial charge in [0.2, 0.25) is 11.9 Å². The highest BCUT2D eigenvalue weighted by Gasteiger charge is 2.03. The van der Waals surface area contributed by atoms with E-state index >= 15 is 0 Å². The second-order valence-electron chi connectivity index (χ2n) is 3.65. The minimum Gasteiger partial charge on any atom is -0.388 e. The van der Waals surface area contributed by atoms with Crippen LogP contribution in [0, 0.1) is 0 Å². The molecule has 1 aromatic heterocycles. The molecule has 0 radical (unpaired) electrons. The van der Waals surface area contributed by atoms with Crippen molar-refractivity contribution in [3.8, 4) is 0 Å². The van der Waals surface area contributed by atoms with Crippen LogP contribution in [0.2, 0.25) is 0 Å². The molecule has 8 heteroatoms. The average molecular weight is 283 g/mol. The third-order valence-corrected chi connectivity index (χ3v) is 2.38. The molecule has 1 rings (SSSR count). The highest BCUT2D eigenvalue weighted by atomic mass is 32.1. The molecule has 1 aromatic rings. The van der Waals surface area contributed by atoms with Crippen molar-refractivity contribution < 1.29 is 9.53 Å². The Bertz CT molecular complexity index is 441. The fourth-order valence-electron chi connectivity index (χ4n) is 1.25. The SMILES string of the molecule is COCCNC(=O)CCNc1nccc(C(N)=S)n1. The molecule has 104 valence electrons. The molecule has 19 heavy (non-hydrogen) atoms. The number of carbonyl (C=O) groups excluding carboxylic acids is 1. The molecular formula is C11H17N5O2S. The summed E-state index contributed by atoms with van der Waals surface area (Å²) >= 11 is 4.82. The van der Waals surface area contributed by atoms with E-state index in [4.69, 9.17) is 22.7 Å². The van der Waals surface area contributed by atoms with Crippen molar-refractivity contribution in [2.45, 2.75) is 6.42 Å². The van der Waals surface area contributed by atoms with Crippen molar-refractivity contribution in [3.05, 3.63) is 18.0 Å². The molecule has 1 heterocycles. The van der Waals surface area contributed by atoms with Crippen LogP contribution < -0.4 is 16.4 Å². The first-order chi connectivity index (χ1) is 9.13. The zero-order valence-corrected chi connectivity index (χ0v) is 11.5. The first kappa shape index (κ1) is 15.3. The summed E-state index contributed by atoms with van der Waals surface area (Å²) in [6.07, 6.45) is 1.88. The highest BCUT2D eigenvalue weighted by Crippen LogP contribution is 2.00. The molecule has 0 aromatic carbocycles. The highest BCUT2D eigenvalue weighted by molar-refractivity contribution is 7.80. The van der Waals surface area contributed by atoms with Gasteiger partial charge in [0.15, 0.2) is 0 Å². The van der Waals surface area contributed by atoms with E-state index in [1.54, 1.807) is 19.4 Å². The summed E-state index contributed by atoms with van der Waals surface area (Å²) in [5.74, 6) is 0.338. The van der Waals surface area contributed by atoms with Gasteiger partial charge in [0.25, 0.3) is 0 Å². The number of carbonyl (C=O) groups is 1. The Morgan fingerprint density at radius 1 is 1.53 bits per heavy atom. The molecule has 0 aliphatic carbocycles. The van der Waals surface area contributed by atoms with Gasteiger partial charge in [-0.05, 0) is 6.07 Å². The molecule has 0 atom stereocenters. The number of methoxy groups -OCH3 is 1. The molecule has 0 unspecified atom stereocenters. The summed E-state index contributed by atoms with van der Waals surface area (Å²) in [6, 6.07) is 1.63. The smallest absolute Gasteiger partial charge is 0.223 e. The van der Waals surface area contributed by atoms with Crippen LogP contribution >= 0.6 is 12.2 Å². The number of rotatable bonds is 8. The number of anilines is 1. The van der Waals surface area contributed by atoms with Crippen LogP contribution in [-0.4, -0.2) is 47.7 Å². The maximum absolute atomic E-state index is 11.4. The molecule has 7 nitrogen and oxygen atoms in total. The van der Waals surface area contributed by atoms with Crippen molar-refractivity contribution in [3.63, 3.8) is 0 Å². The van der Waals surface area contributed by atoms with Gasteiger partial charge in [0.05, 0.1) is 6.61 Å². The van der Waals surface area contributed by atoms with Gasteiger partial charge in [-0.2, -0.15) is 0 Å². The molecule has 0 fully saturated rings. The number of nitrogens with zero attached hydrogens (tertiary/aromatic N) is 2. The minimum absolute atomic E-state index is 0.0601. The van der Waals surface area contributed by atoms with Crippen molar-refractivity contribution in [1.29, 1.82) is 0 Å². The van der Waals surface area contributed by atoms with Crippen LogP contribution in [-0.2, 0) is 9.53 Å². The first-order valence-electron chi connectivity index (χ1n) is 5.76. The molecule has 0 saturated heterocycles. The zero-order chi connectivity index (χ0) is 14.1. The van der Waals surface area contributed by atoms with Crippen LogP contribution in [0.1, 0.15) is 12.1 Å². The molecule has 0 spiro atoms. The van der Waals surface area contributed by atoms with E-state index in [-0.39, 0.29) is 10.9 Å². The minimum atomic E-state index is -0.0601. The lowest BCUT2D eigenvalue weighted by Gasteiger charge is -2.06. The summed E-state index contributed by atoms with van der Waals surface area (Å²) in [4.78, 5) is 19.7. The van der Waals surface area contributed by atoms with E-state index in [2.05, 4.69) is 20.6 Å². The maximum atomic E-state index is 11.4. The van der Waals surface area contributed by atoms with Gasteiger partial charge in [-0.1, -0.05) is 12.2 Å². The standard InChI is InChI=1S/C11H17N5O2S/c1-18-7-6-13-9(17)3-5-15-11-14-4-2-8(16-11)10(12)19/h2,4H,3,5-7H2,1H3,(H2,12,19)(H,13,17)(H,14,15,16). The van der Waals surface area contributed by atoms with E-state index in [9.17, 15) is 4.79 Å². The quantitative estimate of drug-likeness (QED) is 0.443. The van der Waals surface area contributed by atoms with E-state index in [1.807, 2.05) is 0 Å². The largest absolute Gasteiger partial charge is 0.388 e. The van der Waals surface area contributed by atoms with Crippen molar-refractivity contribution in [2.24, 2.45) is 5.73 Å². The van der Waals surface area contributed by atoms with Gasteiger partial charge in [-0.3, -0.25) is 4.79 Å². The van der Waals surface area contributed by atoms with Crippen LogP contribution in [0.5, 0.6) is 0 Å². The topological polar surface area (TPSA) is 102 Å². The molecule has 4 N–H and O–H groups in total. The molecular weight excluding hydrogens is 266 g/mol. The van der Waals surface area contributed by atoms with Gasteiger partial charge < -0.3 is 21.1 Å². The number of thiocarbonyl (C=S) groups is 1. The summed E-state index contributed by atoms with van der Waals surface area (Å²) in [5.41, 5.74) is 5.96. The van der Waals surface area contributed by atoms with E-state index < -0.39 is 0 Å². The van der Waals surface area contributed by atoms with Crippen LogP contribution in [0.3, 0.4) is 0 Å². The number of aromatic nitrogens is 2. The summed E-state index contributed by atoms with van der Waals surface area (Å²) < 4.78 is 4.83. The second-order valence-corrected chi connectivity index (χ2v) is 4.09. The second kappa shape index (κ2) is 8.33. The molecule has 0 bridgehead atoms. The van der Waals surface area contributed by atoms with Gasteiger partial charge in [0, 0.05) is 32.8 Å². The molecule has 1 amide bonds. The van der Waals surface area contributed by atoms with Crippen molar-refractivity contribution >= 4 is 29.1 Å². The maximum Gasteiger partial charge on any atom is 0.223 e. The van der Waals surface area contributed by atoms with Crippen molar-refractivity contribution in [2.75, 3.05) is 32.1 Å². The van der Waals surface area contributed by atoms with Gasteiger partial charge in [-0.15, -0.1) is 0 Å². The Labute approximate surface area is 116 Å². The summed E-state index contributed by atoms with van der Waals surface area (Å²) in [7, 11) is 1.58. The Morgan fingerprint density at radius 2 is 2.32 bits per heavy atom. The van der Waals surface area contributed by atoms with Crippen molar-refractivity contribution in [1.82, 2.24) is 15.3 Å². The predicted molar refractivity (Wildman–Crippen MR) is 75.9 cm³/mol. The summed E-state index contributed by atoms with van der Waals surface area (Å²) in [6.45, 7) is 1.43. The number of nitrogens with one attached hydrogen (secondary N) is 2. The number of ether oxygens (including phenoxy) is 1. The Hall–Kier alpha value is -1.80. The zero-order valence-electron chi connectivity index (χ0n) is 10.7. The van der Waals surface area contributed by atoms with Crippen LogP contribution in [0.4, 0.5) is 5.95 Å². The first-order valence-corrected chi connectivity index (χ1v) is 6.16. The predicted octanol–water partition coefficient (Wildman–Crippen LogP) is -0.325. The van der Waals surface area contributed by atoms with Gasteiger partial charge in [0.1, 0.15) is 10.7 Å². The number of amides is 1. The lowest BCUT2D eigenvalue weighted by Crippen LogP contribution is -2.28. The Balaban J connectivity index is 2.31. The lowest BCUT2D eigenvalue weighted by atomic mass is 10.4. The monoisotopic (exact) mass is 283 g/mol. The van der Waals surface area contributed by atoms with E-state index in [0.29, 0.717) is 37.8 Å². The Kier molecular flexibility index (Phi) is 6.69. The van der Waals surface area contributed by atoms with Crippen LogP contribution in [0.25, 0.3) is 0 Å². The molecule has 0 aliphatic rings. The van der Waals surface area contributed by atoms with Gasteiger partial charge >= 0.3 is 0 Å². The average Bonchev–Trinajstić information content (AvgIpc) is 2.39. The van der Waals surface area contributed by atoms with E-state index in [1.165, 1.54) is 0 Å². The summed E-state index contributed by atoms with van der Waals surface area (Å²) in [5, 5.41) is 5.65. The number of hydrogen-bond donors (Lipinski definition) is 3. The Morgan fingerprint density at radius 3 is 3.00 bits per heavy atom. The van der Waals surface area contributed by atoms with E-state index in [0.717, 1.165) is 0 Å². The third-order valence-electron chi connectivity index (χ3n) is 2.17. The van der Waals surface area contributed by atoms with Crippen LogP contribution in [0.15, 0.2) is 12.3 Å². The van der Waals surface area contributed by atoms with Gasteiger partial charge in [-0.25, -0.2) is 9.97 Å². The molecule has 0 saturated carbocycles. The fourth-order valence-corrected chi connectivity index (χ4v) is 1.36. The normalized spacial score (nSPS) is 9.95. The number of hydrogen-bond acceptors (Lipinski definition) is 6. The third kappa shape index (κ3) is 6.07.